The minimum absolute atomic E-state index is 0.240. The topological polar surface area (TPSA) is 58.9 Å². The van der Waals surface area contributed by atoms with Gasteiger partial charge in [-0.2, -0.15) is 0 Å². The zero-order valence-corrected chi connectivity index (χ0v) is 10.3. The van der Waals surface area contributed by atoms with Crippen molar-refractivity contribution >= 4 is 21.6 Å². The van der Waals surface area contributed by atoms with Crippen LogP contribution in [0.1, 0.15) is 5.69 Å². The van der Waals surface area contributed by atoms with Crippen molar-refractivity contribution in [2.75, 3.05) is 5.73 Å². The average Bonchev–Trinajstić information content (AvgIpc) is 2.28. The predicted molar refractivity (Wildman–Crippen MR) is 69.3 cm³/mol. The molecule has 3 N–H and O–H groups in total. The molecule has 0 unspecified atom stereocenters. The zero-order chi connectivity index (χ0) is 11.7. The Morgan fingerprint density at radius 2 is 1.88 bits per heavy atom. The summed E-state index contributed by atoms with van der Waals surface area (Å²) < 4.78 is 0.829. The molecular formula is C12H11BrN2O. The first-order valence-corrected chi connectivity index (χ1v) is 5.64. The fraction of sp³-hybridized carbons (Fsp3) is 0.0833. The molecule has 0 bridgehead atoms. The molecule has 0 aliphatic rings. The van der Waals surface area contributed by atoms with Crippen LogP contribution in [0.3, 0.4) is 0 Å². The molecule has 2 rings (SSSR count). The van der Waals surface area contributed by atoms with Crippen LogP contribution in [0.4, 0.5) is 5.69 Å². The van der Waals surface area contributed by atoms with E-state index >= 15 is 0 Å². The second kappa shape index (κ2) is 4.14. The summed E-state index contributed by atoms with van der Waals surface area (Å²) in [6.07, 6.45) is 0. The number of rotatable bonds is 1. The first kappa shape index (κ1) is 11.0. The number of nitrogen functional groups attached to an aromatic ring is 1. The lowest BCUT2D eigenvalue weighted by Gasteiger charge is -2.09. The molecule has 0 saturated heterocycles. The van der Waals surface area contributed by atoms with E-state index in [1.165, 1.54) is 0 Å². The van der Waals surface area contributed by atoms with Crippen LogP contribution in [0.5, 0.6) is 0 Å². The van der Waals surface area contributed by atoms with E-state index in [2.05, 4.69) is 20.9 Å². The summed E-state index contributed by atoms with van der Waals surface area (Å²) in [5.74, 6) is 0. The summed E-state index contributed by atoms with van der Waals surface area (Å²) in [6, 6.07) is 9.60. The highest BCUT2D eigenvalue weighted by molar-refractivity contribution is 9.10. The van der Waals surface area contributed by atoms with Gasteiger partial charge in [0.15, 0.2) is 0 Å². The van der Waals surface area contributed by atoms with Gasteiger partial charge in [0.2, 0.25) is 0 Å². The maximum Gasteiger partial charge on any atom is 0.271 e. The average molecular weight is 279 g/mol. The smallest absolute Gasteiger partial charge is 0.271 e. The Kier molecular flexibility index (Phi) is 2.83. The largest absolute Gasteiger partial charge is 0.394 e. The number of halogens is 1. The SMILES string of the molecule is Cc1[nH]c(=O)c(N)c(-c2ccccc2)c1Br. The molecule has 1 aromatic heterocycles. The van der Waals surface area contributed by atoms with Gasteiger partial charge < -0.3 is 10.7 Å². The van der Waals surface area contributed by atoms with E-state index in [9.17, 15) is 4.79 Å². The molecule has 0 aliphatic heterocycles. The maximum absolute atomic E-state index is 11.6. The van der Waals surface area contributed by atoms with Crippen LogP contribution in [-0.2, 0) is 0 Å². The van der Waals surface area contributed by atoms with Crippen molar-refractivity contribution in [1.29, 1.82) is 0 Å². The van der Waals surface area contributed by atoms with Gasteiger partial charge in [-0.25, -0.2) is 0 Å². The standard InChI is InChI=1S/C12H11BrN2O/c1-7-10(13)9(11(14)12(16)15-7)8-5-3-2-4-6-8/h2-6H,14H2,1H3,(H,15,16). The van der Waals surface area contributed by atoms with Gasteiger partial charge in [-0.1, -0.05) is 30.3 Å². The van der Waals surface area contributed by atoms with Crippen molar-refractivity contribution in [1.82, 2.24) is 4.98 Å². The van der Waals surface area contributed by atoms with Gasteiger partial charge in [-0.15, -0.1) is 0 Å². The van der Waals surface area contributed by atoms with Crippen LogP contribution < -0.4 is 11.3 Å². The highest BCUT2D eigenvalue weighted by Crippen LogP contribution is 2.32. The highest BCUT2D eigenvalue weighted by atomic mass is 79.9. The molecular weight excluding hydrogens is 268 g/mol. The number of aromatic amines is 1. The molecule has 1 heterocycles. The Hall–Kier alpha value is -1.55. The third kappa shape index (κ3) is 1.76. The van der Waals surface area contributed by atoms with Crippen molar-refractivity contribution < 1.29 is 0 Å². The lowest BCUT2D eigenvalue weighted by molar-refractivity contribution is 1.13. The molecule has 0 aliphatic carbocycles. The number of nitrogens with one attached hydrogen (secondary N) is 1. The Labute approximate surface area is 101 Å². The van der Waals surface area contributed by atoms with Gasteiger partial charge in [-0.3, -0.25) is 4.79 Å². The number of aryl methyl sites for hydroxylation is 1. The van der Waals surface area contributed by atoms with Crippen molar-refractivity contribution in [3.63, 3.8) is 0 Å². The van der Waals surface area contributed by atoms with E-state index in [1.54, 1.807) is 0 Å². The summed E-state index contributed by atoms with van der Waals surface area (Å²) in [6.45, 7) is 1.83. The maximum atomic E-state index is 11.6. The van der Waals surface area contributed by atoms with Crippen molar-refractivity contribution in [2.24, 2.45) is 0 Å². The van der Waals surface area contributed by atoms with Gasteiger partial charge in [0.25, 0.3) is 5.56 Å². The van der Waals surface area contributed by atoms with Gasteiger partial charge in [0.05, 0.1) is 0 Å². The molecule has 0 atom stereocenters. The summed E-state index contributed by atoms with van der Waals surface area (Å²) in [4.78, 5) is 14.3. The first-order chi connectivity index (χ1) is 7.61. The van der Waals surface area contributed by atoms with E-state index in [-0.39, 0.29) is 11.2 Å². The minimum Gasteiger partial charge on any atom is -0.394 e. The van der Waals surface area contributed by atoms with Crippen LogP contribution in [0.25, 0.3) is 11.1 Å². The van der Waals surface area contributed by atoms with E-state index in [1.807, 2.05) is 37.3 Å². The molecule has 0 spiro atoms. The van der Waals surface area contributed by atoms with Gasteiger partial charge in [0.1, 0.15) is 5.69 Å². The van der Waals surface area contributed by atoms with E-state index < -0.39 is 0 Å². The first-order valence-electron chi connectivity index (χ1n) is 4.84. The summed E-state index contributed by atoms with van der Waals surface area (Å²) in [7, 11) is 0. The highest BCUT2D eigenvalue weighted by Gasteiger charge is 2.12. The molecule has 4 heteroatoms. The molecule has 82 valence electrons. The molecule has 0 saturated carbocycles. The Balaban J connectivity index is 2.79. The summed E-state index contributed by atoms with van der Waals surface area (Å²) >= 11 is 3.45. The van der Waals surface area contributed by atoms with E-state index in [4.69, 9.17) is 5.73 Å². The van der Waals surface area contributed by atoms with Crippen LogP contribution in [0.2, 0.25) is 0 Å². The molecule has 0 fully saturated rings. The predicted octanol–water partition coefficient (Wildman–Crippen LogP) is 2.70. The summed E-state index contributed by atoms with van der Waals surface area (Å²) in [5, 5.41) is 0. The van der Waals surface area contributed by atoms with E-state index in [0.29, 0.717) is 0 Å². The molecule has 1 aromatic carbocycles. The number of pyridine rings is 1. The molecule has 2 aromatic rings. The lowest BCUT2D eigenvalue weighted by Crippen LogP contribution is -2.15. The number of aromatic nitrogens is 1. The van der Waals surface area contributed by atoms with Crippen LogP contribution in [0, 0.1) is 6.92 Å². The fourth-order valence-corrected chi connectivity index (χ4v) is 2.14. The number of hydrogen-bond donors (Lipinski definition) is 2. The molecule has 0 amide bonds. The number of benzene rings is 1. The Morgan fingerprint density at radius 1 is 1.25 bits per heavy atom. The number of anilines is 1. The number of H-pyrrole nitrogens is 1. The molecule has 0 radical (unpaired) electrons. The van der Waals surface area contributed by atoms with Crippen molar-refractivity contribution in [2.45, 2.75) is 6.92 Å². The van der Waals surface area contributed by atoms with Crippen LogP contribution >= 0.6 is 15.9 Å². The number of hydrogen-bond acceptors (Lipinski definition) is 2. The third-order valence-corrected chi connectivity index (χ3v) is 3.42. The second-order valence-electron chi connectivity index (χ2n) is 3.55. The van der Waals surface area contributed by atoms with Gasteiger partial charge in [0, 0.05) is 15.7 Å². The monoisotopic (exact) mass is 278 g/mol. The van der Waals surface area contributed by atoms with Gasteiger partial charge in [-0.05, 0) is 28.4 Å². The Morgan fingerprint density at radius 3 is 2.50 bits per heavy atom. The quantitative estimate of drug-likeness (QED) is 0.843. The molecule has 16 heavy (non-hydrogen) atoms. The van der Waals surface area contributed by atoms with Crippen LogP contribution in [0.15, 0.2) is 39.6 Å². The fourth-order valence-electron chi connectivity index (χ4n) is 1.60. The van der Waals surface area contributed by atoms with E-state index in [0.717, 1.165) is 21.3 Å². The van der Waals surface area contributed by atoms with Crippen molar-refractivity contribution in [3.8, 4) is 11.1 Å². The normalized spacial score (nSPS) is 10.4. The van der Waals surface area contributed by atoms with Crippen LogP contribution in [-0.4, -0.2) is 4.98 Å². The third-order valence-electron chi connectivity index (χ3n) is 2.43. The summed E-state index contributed by atoms with van der Waals surface area (Å²) in [5.41, 5.74) is 8.26. The number of nitrogens with two attached hydrogens (primary N) is 1. The zero-order valence-electron chi connectivity index (χ0n) is 8.75. The lowest BCUT2D eigenvalue weighted by atomic mass is 10.0. The molecule has 3 nitrogen and oxygen atoms in total. The second-order valence-corrected chi connectivity index (χ2v) is 4.34. The minimum atomic E-state index is -0.250. The van der Waals surface area contributed by atoms with Gasteiger partial charge >= 0.3 is 0 Å². The van der Waals surface area contributed by atoms with Crippen molar-refractivity contribution in [3.05, 3.63) is 50.9 Å². The Bertz CT molecular complexity index is 576.